The fourth-order valence-corrected chi connectivity index (χ4v) is 4.69. The van der Waals surface area contributed by atoms with Gasteiger partial charge in [-0.1, -0.05) is 18.2 Å². The zero-order valence-electron chi connectivity index (χ0n) is 13.0. The minimum absolute atomic E-state index is 0.137. The lowest BCUT2D eigenvalue weighted by atomic mass is 10.1. The number of aryl methyl sites for hydroxylation is 1. The van der Waals surface area contributed by atoms with Gasteiger partial charge in [0.1, 0.15) is 5.00 Å². The fraction of sp³-hybridized carbons (Fsp3) is 0.222. The van der Waals surface area contributed by atoms with Crippen LogP contribution in [-0.2, 0) is 24.1 Å². The number of aromatic amines is 1. The number of primary amides is 1. The molecule has 1 aromatic carbocycles. The highest BCUT2D eigenvalue weighted by molar-refractivity contribution is 7.17. The number of H-pyrrole nitrogens is 1. The molecule has 0 saturated carbocycles. The Morgan fingerprint density at radius 2 is 2.08 bits per heavy atom. The molecule has 0 aliphatic heterocycles. The molecule has 24 heavy (non-hydrogen) atoms. The molecule has 4 N–H and O–H groups in total. The largest absolute Gasteiger partial charge is 0.365 e. The molecule has 4 rings (SSSR count). The molecule has 0 atom stereocenters. The van der Waals surface area contributed by atoms with Gasteiger partial charge in [-0.3, -0.25) is 9.59 Å². The summed E-state index contributed by atoms with van der Waals surface area (Å²) in [5, 5.41) is 4.52. The van der Waals surface area contributed by atoms with Gasteiger partial charge < -0.3 is 16.0 Å². The molecule has 0 bridgehead atoms. The van der Waals surface area contributed by atoms with Crippen molar-refractivity contribution in [1.29, 1.82) is 0 Å². The van der Waals surface area contributed by atoms with E-state index in [0.717, 1.165) is 41.3 Å². The molecule has 0 spiro atoms. The van der Waals surface area contributed by atoms with Crippen LogP contribution in [0, 0.1) is 0 Å². The third kappa shape index (κ3) is 2.49. The molecule has 3 aromatic rings. The van der Waals surface area contributed by atoms with Gasteiger partial charge in [-0.05, 0) is 36.5 Å². The summed E-state index contributed by atoms with van der Waals surface area (Å²) in [4.78, 5) is 28.6. The van der Waals surface area contributed by atoms with Crippen LogP contribution in [-0.4, -0.2) is 16.8 Å². The van der Waals surface area contributed by atoms with Crippen molar-refractivity contribution in [2.75, 3.05) is 5.32 Å². The quantitative estimate of drug-likeness (QED) is 0.682. The molecule has 122 valence electrons. The third-order valence-electron chi connectivity index (χ3n) is 4.45. The molecule has 5 nitrogen and oxygen atoms in total. The second kappa shape index (κ2) is 5.79. The van der Waals surface area contributed by atoms with Crippen LogP contribution >= 0.6 is 11.3 Å². The van der Waals surface area contributed by atoms with E-state index in [0.29, 0.717) is 10.6 Å². The van der Waals surface area contributed by atoms with Gasteiger partial charge in [-0.2, -0.15) is 0 Å². The van der Waals surface area contributed by atoms with Gasteiger partial charge in [0.15, 0.2) is 0 Å². The Kier molecular flexibility index (Phi) is 3.61. The SMILES string of the molecule is NC(=O)c1c(NC(=O)Cc2c[nH]c3ccccc23)sc2c1CCC2. The van der Waals surface area contributed by atoms with E-state index >= 15 is 0 Å². The summed E-state index contributed by atoms with van der Waals surface area (Å²) in [6, 6.07) is 7.87. The van der Waals surface area contributed by atoms with Crippen LogP contribution in [0.25, 0.3) is 10.9 Å². The number of nitrogens with two attached hydrogens (primary N) is 1. The summed E-state index contributed by atoms with van der Waals surface area (Å²) < 4.78 is 0. The van der Waals surface area contributed by atoms with Crippen LogP contribution in [0.2, 0.25) is 0 Å². The topological polar surface area (TPSA) is 88.0 Å². The molecule has 2 heterocycles. The number of nitrogens with one attached hydrogen (secondary N) is 2. The van der Waals surface area contributed by atoms with E-state index in [1.54, 1.807) is 0 Å². The lowest BCUT2D eigenvalue weighted by Gasteiger charge is -2.05. The van der Waals surface area contributed by atoms with Crippen molar-refractivity contribution in [1.82, 2.24) is 4.98 Å². The minimum atomic E-state index is -0.461. The maximum Gasteiger partial charge on any atom is 0.251 e. The zero-order chi connectivity index (χ0) is 16.7. The molecule has 6 heteroatoms. The molecule has 2 amide bonds. The van der Waals surface area contributed by atoms with Crippen molar-refractivity contribution >= 4 is 39.1 Å². The second-order valence-electron chi connectivity index (χ2n) is 6.01. The average Bonchev–Trinajstić information content (AvgIpc) is 3.21. The first-order valence-electron chi connectivity index (χ1n) is 7.92. The fourth-order valence-electron chi connectivity index (χ4n) is 3.37. The maximum absolute atomic E-state index is 12.5. The molecule has 0 fully saturated rings. The molecular weight excluding hydrogens is 322 g/mol. The molecule has 0 saturated heterocycles. The Morgan fingerprint density at radius 1 is 1.25 bits per heavy atom. The molecule has 1 aliphatic rings. The van der Waals surface area contributed by atoms with Crippen molar-refractivity contribution < 1.29 is 9.59 Å². The molecule has 2 aromatic heterocycles. The number of rotatable bonds is 4. The van der Waals surface area contributed by atoms with Crippen LogP contribution in [0.5, 0.6) is 0 Å². The number of amides is 2. The summed E-state index contributed by atoms with van der Waals surface area (Å²) in [7, 11) is 0. The Labute approximate surface area is 142 Å². The van der Waals surface area contributed by atoms with E-state index in [1.165, 1.54) is 16.2 Å². The predicted molar refractivity (Wildman–Crippen MR) is 95.5 cm³/mol. The summed E-state index contributed by atoms with van der Waals surface area (Å²) in [6.45, 7) is 0. The van der Waals surface area contributed by atoms with Gasteiger partial charge in [0.2, 0.25) is 5.91 Å². The minimum Gasteiger partial charge on any atom is -0.365 e. The smallest absolute Gasteiger partial charge is 0.251 e. The molecular formula is C18H17N3O2S. The summed E-state index contributed by atoms with van der Waals surface area (Å²) in [6.07, 6.45) is 4.98. The van der Waals surface area contributed by atoms with Crippen LogP contribution in [0.3, 0.4) is 0 Å². The Bertz CT molecular complexity index is 954. The average molecular weight is 339 g/mol. The highest BCUT2D eigenvalue weighted by Crippen LogP contribution is 2.38. The number of para-hydroxylation sites is 1. The van der Waals surface area contributed by atoms with E-state index in [4.69, 9.17) is 5.73 Å². The normalized spacial score (nSPS) is 13.2. The van der Waals surface area contributed by atoms with Gasteiger partial charge in [0.25, 0.3) is 5.91 Å². The summed E-state index contributed by atoms with van der Waals surface area (Å²) in [5.41, 5.74) is 9.00. The second-order valence-corrected chi connectivity index (χ2v) is 7.12. The number of carbonyl (C=O) groups excluding carboxylic acids is 2. The van der Waals surface area contributed by atoms with E-state index in [-0.39, 0.29) is 12.3 Å². The number of thiophene rings is 1. The number of aromatic nitrogens is 1. The van der Waals surface area contributed by atoms with Gasteiger partial charge >= 0.3 is 0 Å². The summed E-state index contributed by atoms with van der Waals surface area (Å²) >= 11 is 1.48. The van der Waals surface area contributed by atoms with Crippen molar-refractivity contribution in [2.45, 2.75) is 25.7 Å². The molecule has 1 aliphatic carbocycles. The van der Waals surface area contributed by atoms with Crippen LogP contribution < -0.4 is 11.1 Å². The first-order valence-corrected chi connectivity index (χ1v) is 8.74. The maximum atomic E-state index is 12.5. The third-order valence-corrected chi connectivity index (χ3v) is 5.65. The van der Waals surface area contributed by atoms with Crippen LogP contribution in [0.4, 0.5) is 5.00 Å². The van der Waals surface area contributed by atoms with E-state index in [2.05, 4.69) is 10.3 Å². The van der Waals surface area contributed by atoms with E-state index < -0.39 is 5.91 Å². The van der Waals surface area contributed by atoms with Crippen molar-refractivity contribution in [2.24, 2.45) is 5.73 Å². The lowest BCUT2D eigenvalue weighted by Crippen LogP contribution is -2.18. The first kappa shape index (κ1) is 15.0. The predicted octanol–water partition coefficient (Wildman–Crippen LogP) is 3.00. The van der Waals surface area contributed by atoms with Gasteiger partial charge in [-0.25, -0.2) is 0 Å². The Balaban J connectivity index is 1.58. The highest BCUT2D eigenvalue weighted by atomic mass is 32.1. The van der Waals surface area contributed by atoms with Gasteiger partial charge in [0, 0.05) is 22.0 Å². The van der Waals surface area contributed by atoms with E-state index in [1.807, 2.05) is 30.5 Å². The summed E-state index contributed by atoms with van der Waals surface area (Å²) in [5.74, 6) is -0.598. The van der Waals surface area contributed by atoms with Crippen molar-refractivity contribution in [3.8, 4) is 0 Å². The Hall–Kier alpha value is -2.60. The number of hydrogen-bond acceptors (Lipinski definition) is 3. The van der Waals surface area contributed by atoms with Crippen LogP contribution in [0.15, 0.2) is 30.5 Å². The first-order chi connectivity index (χ1) is 11.6. The number of benzene rings is 1. The van der Waals surface area contributed by atoms with Crippen LogP contribution in [0.1, 0.15) is 32.8 Å². The zero-order valence-corrected chi connectivity index (χ0v) is 13.8. The number of hydrogen-bond donors (Lipinski definition) is 3. The van der Waals surface area contributed by atoms with Crippen molar-refractivity contribution in [3.05, 3.63) is 52.0 Å². The standard InChI is InChI=1S/C18H17N3O2S/c19-17(23)16-12-5-3-7-14(12)24-18(16)21-15(22)8-10-9-20-13-6-2-1-4-11(10)13/h1-2,4,6,9,20H,3,5,7-8H2,(H2,19,23)(H,21,22). The van der Waals surface area contributed by atoms with E-state index in [9.17, 15) is 9.59 Å². The lowest BCUT2D eigenvalue weighted by molar-refractivity contribution is -0.115. The molecule has 0 unspecified atom stereocenters. The number of anilines is 1. The number of carbonyl (C=O) groups is 2. The number of fused-ring (bicyclic) bond motifs is 2. The van der Waals surface area contributed by atoms with Gasteiger partial charge in [-0.15, -0.1) is 11.3 Å². The molecule has 0 radical (unpaired) electrons. The monoisotopic (exact) mass is 339 g/mol. The van der Waals surface area contributed by atoms with Crippen molar-refractivity contribution in [3.63, 3.8) is 0 Å². The van der Waals surface area contributed by atoms with Gasteiger partial charge in [0.05, 0.1) is 12.0 Å². The highest BCUT2D eigenvalue weighted by Gasteiger charge is 2.26. The Morgan fingerprint density at radius 3 is 2.92 bits per heavy atom.